The molecule has 2 aromatic heterocycles. The van der Waals surface area contributed by atoms with Gasteiger partial charge in [-0.15, -0.1) is 0 Å². The Labute approximate surface area is 119 Å². The van der Waals surface area contributed by atoms with Gasteiger partial charge in [0.1, 0.15) is 5.82 Å². The first-order chi connectivity index (χ1) is 9.16. The number of halogens is 1. The summed E-state index contributed by atoms with van der Waals surface area (Å²) in [5, 5.41) is 9.40. The molecular weight excluding hydrogens is 284 g/mol. The third kappa shape index (κ3) is 2.32. The van der Waals surface area contributed by atoms with E-state index >= 15 is 0 Å². The summed E-state index contributed by atoms with van der Waals surface area (Å²) < 4.78 is 1.93. The normalized spacial score (nSPS) is 16.9. The highest BCUT2D eigenvalue weighted by atomic mass is 35.5. The van der Waals surface area contributed by atoms with E-state index in [-0.39, 0.29) is 5.56 Å². The van der Waals surface area contributed by atoms with Crippen molar-refractivity contribution < 1.29 is 9.90 Å². The van der Waals surface area contributed by atoms with Gasteiger partial charge in [-0.25, -0.2) is 9.78 Å². The first-order valence-corrected chi connectivity index (χ1v) is 7.68. The van der Waals surface area contributed by atoms with Crippen molar-refractivity contribution >= 4 is 34.8 Å². The van der Waals surface area contributed by atoms with Crippen LogP contribution in [0.4, 0.5) is 0 Å². The predicted octanol–water partition coefficient (Wildman–Crippen LogP) is 3.30. The first kappa shape index (κ1) is 12.8. The Morgan fingerprint density at radius 2 is 2.21 bits per heavy atom. The molecule has 0 spiro atoms. The molecule has 0 aromatic carbocycles. The van der Waals surface area contributed by atoms with Crippen LogP contribution in [0.5, 0.6) is 0 Å². The molecule has 1 aliphatic heterocycles. The fourth-order valence-electron chi connectivity index (χ4n) is 2.45. The third-order valence-corrected chi connectivity index (χ3v) is 4.79. The molecule has 1 N–H and O–H groups in total. The van der Waals surface area contributed by atoms with Crippen LogP contribution >= 0.6 is 23.4 Å². The molecule has 3 heterocycles. The van der Waals surface area contributed by atoms with Crippen LogP contribution in [0.25, 0.3) is 5.52 Å². The van der Waals surface area contributed by atoms with E-state index in [9.17, 15) is 4.79 Å². The Balaban J connectivity index is 2.08. The first-order valence-electron chi connectivity index (χ1n) is 6.15. The van der Waals surface area contributed by atoms with E-state index in [1.807, 2.05) is 16.2 Å². The molecule has 3 rings (SSSR count). The summed E-state index contributed by atoms with van der Waals surface area (Å²) in [5.41, 5.74) is 0.912. The Morgan fingerprint density at radius 1 is 1.47 bits per heavy atom. The molecule has 0 atom stereocenters. The summed E-state index contributed by atoms with van der Waals surface area (Å²) in [6.07, 6.45) is 3.95. The Bertz CT molecular complexity index is 635. The minimum absolute atomic E-state index is 0.236. The average Bonchev–Trinajstić information content (AvgIpc) is 2.77. The van der Waals surface area contributed by atoms with E-state index in [0.29, 0.717) is 16.6 Å². The number of thioether (sulfide) groups is 1. The van der Waals surface area contributed by atoms with E-state index in [4.69, 9.17) is 16.7 Å². The number of carboxylic acids is 1. The number of imidazole rings is 1. The summed E-state index contributed by atoms with van der Waals surface area (Å²) in [6, 6.07) is 3.17. The van der Waals surface area contributed by atoms with Crippen LogP contribution in [0.1, 0.15) is 34.9 Å². The molecule has 0 amide bonds. The number of carboxylic acid groups (broad SMARTS) is 1. The van der Waals surface area contributed by atoms with Crippen molar-refractivity contribution in [2.45, 2.75) is 18.8 Å². The zero-order valence-electron chi connectivity index (χ0n) is 10.2. The summed E-state index contributed by atoms with van der Waals surface area (Å²) in [4.78, 5) is 15.4. The maximum Gasteiger partial charge on any atom is 0.335 e. The number of hydrogen-bond donors (Lipinski definition) is 1. The van der Waals surface area contributed by atoms with Crippen LogP contribution in [0.3, 0.4) is 0 Å². The zero-order valence-corrected chi connectivity index (χ0v) is 11.7. The van der Waals surface area contributed by atoms with Crippen molar-refractivity contribution in [3.63, 3.8) is 0 Å². The van der Waals surface area contributed by atoms with Crippen LogP contribution in [-0.2, 0) is 0 Å². The van der Waals surface area contributed by atoms with Gasteiger partial charge in [-0.1, -0.05) is 11.6 Å². The highest BCUT2D eigenvalue weighted by Gasteiger charge is 2.22. The molecule has 1 fully saturated rings. The topological polar surface area (TPSA) is 54.6 Å². The number of aromatic nitrogens is 2. The molecule has 100 valence electrons. The third-order valence-electron chi connectivity index (χ3n) is 3.46. The second-order valence-corrected chi connectivity index (χ2v) is 6.21. The number of carbonyl (C=O) groups is 1. The monoisotopic (exact) mass is 296 g/mol. The molecule has 6 heteroatoms. The van der Waals surface area contributed by atoms with Crippen molar-refractivity contribution in [2.24, 2.45) is 0 Å². The molecule has 0 radical (unpaired) electrons. The minimum Gasteiger partial charge on any atom is -0.478 e. The maximum atomic E-state index is 11.0. The van der Waals surface area contributed by atoms with Crippen molar-refractivity contribution in [1.82, 2.24) is 9.38 Å². The zero-order chi connectivity index (χ0) is 13.4. The van der Waals surface area contributed by atoms with Gasteiger partial charge in [-0.05, 0) is 36.5 Å². The number of fused-ring (bicyclic) bond motifs is 1. The quantitative estimate of drug-likeness (QED) is 0.924. The van der Waals surface area contributed by atoms with E-state index in [0.717, 1.165) is 30.2 Å². The highest BCUT2D eigenvalue weighted by molar-refractivity contribution is 7.99. The Hall–Kier alpha value is -1.20. The molecular formula is C13H13ClN2O2S. The van der Waals surface area contributed by atoms with Gasteiger partial charge >= 0.3 is 5.97 Å². The molecule has 0 aliphatic carbocycles. The van der Waals surface area contributed by atoms with Gasteiger partial charge in [0.15, 0.2) is 5.15 Å². The van der Waals surface area contributed by atoms with Gasteiger partial charge in [0.05, 0.1) is 11.1 Å². The molecule has 1 saturated heterocycles. The number of pyridine rings is 1. The van der Waals surface area contributed by atoms with Crippen LogP contribution in [-0.4, -0.2) is 32.0 Å². The predicted molar refractivity (Wildman–Crippen MR) is 76.5 cm³/mol. The Morgan fingerprint density at radius 3 is 2.89 bits per heavy atom. The summed E-state index contributed by atoms with van der Waals surface area (Å²) in [6.45, 7) is 0. The summed E-state index contributed by atoms with van der Waals surface area (Å²) in [7, 11) is 0. The van der Waals surface area contributed by atoms with Gasteiger partial charge in [-0.3, -0.25) is 0 Å². The lowest BCUT2D eigenvalue weighted by atomic mass is 10.0. The van der Waals surface area contributed by atoms with Crippen LogP contribution in [0, 0.1) is 0 Å². The van der Waals surface area contributed by atoms with Crippen molar-refractivity contribution in [3.05, 3.63) is 34.9 Å². The van der Waals surface area contributed by atoms with Crippen molar-refractivity contribution in [3.8, 4) is 0 Å². The largest absolute Gasteiger partial charge is 0.478 e. The lowest BCUT2D eigenvalue weighted by molar-refractivity contribution is 0.0697. The summed E-state index contributed by atoms with van der Waals surface area (Å²) in [5.74, 6) is 2.71. The van der Waals surface area contributed by atoms with Crippen LogP contribution in [0.2, 0.25) is 5.15 Å². The van der Waals surface area contributed by atoms with Crippen LogP contribution < -0.4 is 0 Å². The summed E-state index contributed by atoms with van der Waals surface area (Å²) >= 11 is 8.11. The fourth-order valence-corrected chi connectivity index (χ4v) is 3.79. The number of aromatic carboxylic acids is 1. The number of hydrogen-bond acceptors (Lipinski definition) is 3. The molecule has 2 aromatic rings. The minimum atomic E-state index is -0.949. The standard InChI is InChI=1S/C13H13ClN2O2S/c14-11-10-7-9(13(17)18)1-4-16(10)12(15-11)8-2-5-19-6-3-8/h1,4,7-8H,2-3,5-6H2,(H,17,18). The maximum absolute atomic E-state index is 11.0. The molecule has 0 unspecified atom stereocenters. The fraction of sp³-hybridized carbons (Fsp3) is 0.385. The molecule has 0 bridgehead atoms. The lowest BCUT2D eigenvalue weighted by Crippen LogP contribution is -2.11. The van der Waals surface area contributed by atoms with Gasteiger partial charge in [-0.2, -0.15) is 11.8 Å². The lowest BCUT2D eigenvalue weighted by Gasteiger charge is -2.20. The second kappa shape index (κ2) is 5.06. The van der Waals surface area contributed by atoms with E-state index in [1.165, 1.54) is 0 Å². The van der Waals surface area contributed by atoms with Crippen molar-refractivity contribution in [1.29, 1.82) is 0 Å². The Kier molecular flexibility index (Phi) is 3.41. The molecule has 19 heavy (non-hydrogen) atoms. The van der Waals surface area contributed by atoms with Gasteiger partial charge < -0.3 is 9.51 Å². The molecule has 1 aliphatic rings. The second-order valence-electron chi connectivity index (χ2n) is 4.62. The van der Waals surface area contributed by atoms with Gasteiger partial charge in [0.25, 0.3) is 0 Å². The smallest absolute Gasteiger partial charge is 0.335 e. The SMILES string of the molecule is O=C(O)c1ccn2c(C3CCSCC3)nc(Cl)c2c1. The van der Waals surface area contributed by atoms with E-state index < -0.39 is 5.97 Å². The van der Waals surface area contributed by atoms with E-state index in [1.54, 1.807) is 18.3 Å². The van der Waals surface area contributed by atoms with E-state index in [2.05, 4.69) is 4.98 Å². The van der Waals surface area contributed by atoms with Crippen LogP contribution in [0.15, 0.2) is 18.3 Å². The highest BCUT2D eigenvalue weighted by Crippen LogP contribution is 2.33. The van der Waals surface area contributed by atoms with Gasteiger partial charge in [0, 0.05) is 12.1 Å². The number of nitrogens with zero attached hydrogens (tertiary/aromatic N) is 2. The number of rotatable bonds is 2. The molecule has 0 saturated carbocycles. The van der Waals surface area contributed by atoms with Crippen molar-refractivity contribution in [2.75, 3.05) is 11.5 Å². The molecule has 4 nitrogen and oxygen atoms in total. The average molecular weight is 297 g/mol. The van der Waals surface area contributed by atoms with Gasteiger partial charge in [0.2, 0.25) is 0 Å².